The summed E-state index contributed by atoms with van der Waals surface area (Å²) in [6.07, 6.45) is 0.864. The number of anilines is 1. The smallest absolute Gasteiger partial charge is 0.296 e. The van der Waals surface area contributed by atoms with Crippen LogP contribution < -0.4 is 15.1 Å². The van der Waals surface area contributed by atoms with Crippen LogP contribution in [0.15, 0.2) is 80.5 Å². The van der Waals surface area contributed by atoms with E-state index >= 15 is 0 Å². The Bertz CT molecular complexity index is 1670. The van der Waals surface area contributed by atoms with Gasteiger partial charge in [-0.3, -0.25) is 14.5 Å². The normalized spacial score (nSPS) is 15.2. The molecule has 0 unspecified atom stereocenters. The highest BCUT2D eigenvalue weighted by Crippen LogP contribution is 2.42. The lowest BCUT2D eigenvalue weighted by atomic mass is 9.97. The second-order valence-corrected chi connectivity index (χ2v) is 8.63. The molecule has 174 valence electrons. The Labute approximate surface area is 200 Å². The predicted molar refractivity (Wildman–Crippen MR) is 132 cm³/mol. The summed E-state index contributed by atoms with van der Waals surface area (Å²) in [5.41, 5.74) is 1.16. The number of benzene rings is 3. The molecule has 1 aliphatic rings. The number of carbonyl (C=O) groups is 1. The van der Waals surface area contributed by atoms with Gasteiger partial charge in [-0.25, -0.2) is 0 Å². The van der Waals surface area contributed by atoms with E-state index in [1.54, 1.807) is 19.1 Å². The van der Waals surface area contributed by atoms with Crippen LogP contribution in [0.25, 0.3) is 21.7 Å². The molecule has 7 nitrogen and oxygen atoms in total. The van der Waals surface area contributed by atoms with Gasteiger partial charge < -0.3 is 13.7 Å². The minimum absolute atomic E-state index is 0.0179. The molecule has 3 aromatic carbocycles. The van der Waals surface area contributed by atoms with E-state index < -0.39 is 11.9 Å². The third-order valence-electron chi connectivity index (χ3n) is 6.27. The Hall–Kier alpha value is -4.39. The van der Waals surface area contributed by atoms with Crippen molar-refractivity contribution in [1.82, 2.24) is 5.16 Å². The molecule has 0 radical (unpaired) electrons. The highest BCUT2D eigenvalue weighted by atomic mass is 16.5. The van der Waals surface area contributed by atoms with Crippen LogP contribution >= 0.6 is 0 Å². The number of rotatable bonds is 5. The zero-order valence-corrected chi connectivity index (χ0v) is 19.3. The van der Waals surface area contributed by atoms with Crippen molar-refractivity contribution >= 4 is 33.5 Å². The van der Waals surface area contributed by atoms with Crippen molar-refractivity contribution in [3.05, 3.63) is 99.6 Å². The number of aromatic nitrogens is 1. The van der Waals surface area contributed by atoms with Crippen molar-refractivity contribution in [1.29, 1.82) is 0 Å². The molecule has 1 amide bonds. The molecule has 6 rings (SSSR count). The zero-order chi connectivity index (χ0) is 24.1. The molecule has 7 heteroatoms. The molecule has 5 aromatic rings. The van der Waals surface area contributed by atoms with Crippen LogP contribution in [0.2, 0.25) is 0 Å². The summed E-state index contributed by atoms with van der Waals surface area (Å²) in [5.74, 6) is 1.11. The van der Waals surface area contributed by atoms with Gasteiger partial charge in [-0.1, -0.05) is 54.5 Å². The van der Waals surface area contributed by atoms with Crippen molar-refractivity contribution in [2.45, 2.75) is 26.3 Å². The summed E-state index contributed by atoms with van der Waals surface area (Å²) in [4.78, 5) is 29.1. The Morgan fingerprint density at radius 2 is 1.86 bits per heavy atom. The van der Waals surface area contributed by atoms with E-state index in [-0.39, 0.29) is 16.8 Å². The van der Waals surface area contributed by atoms with E-state index in [4.69, 9.17) is 13.7 Å². The predicted octanol–water partition coefficient (Wildman–Crippen LogP) is 5.78. The van der Waals surface area contributed by atoms with Gasteiger partial charge in [-0.05, 0) is 42.5 Å². The Morgan fingerprint density at radius 1 is 1.00 bits per heavy atom. The number of hydrogen-bond acceptors (Lipinski definition) is 6. The molecule has 0 saturated carbocycles. The molecule has 0 aliphatic carbocycles. The summed E-state index contributed by atoms with van der Waals surface area (Å²) >= 11 is 0. The lowest BCUT2D eigenvalue weighted by Crippen LogP contribution is -2.29. The zero-order valence-electron chi connectivity index (χ0n) is 19.3. The monoisotopic (exact) mass is 466 g/mol. The summed E-state index contributed by atoms with van der Waals surface area (Å²) in [7, 11) is 0. The fourth-order valence-corrected chi connectivity index (χ4v) is 4.71. The van der Waals surface area contributed by atoms with Gasteiger partial charge in [0.2, 0.25) is 5.76 Å². The van der Waals surface area contributed by atoms with Crippen LogP contribution in [0.4, 0.5) is 5.82 Å². The molecule has 1 atom stereocenters. The Balaban J connectivity index is 1.62. The molecule has 2 aromatic heterocycles. The molecular weight excluding hydrogens is 444 g/mol. The Morgan fingerprint density at radius 3 is 2.66 bits per heavy atom. The lowest BCUT2D eigenvalue weighted by molar-refractivity contribution is 0.0969. The highest BCUT2D eigenvalue weighted by molar-refractivity contribution is 6.12. The third kappa shape index (κ3) is 3.31. The maximum Gasteiger partial charge on any atom is 0.296 e. The second-order valence-electron chi connectivity index (χ2n) is 8.63. The summed E-state index contributed by atoms with van der Waals surface area (Å²) in [5, 5.41) is 6.21. The molecular formula is C28H22N2O5. The maximum atomic E-state index is 13.9. The van der Waals surface area contributed by atoms with E-state index in [2.05, 4.69) is 5.16 Å². The van der Waals surface area contributed by atoms with Gasteiger partial charge >= 0.3 is 0 Å². The summed E-state index contributed by atoms with van der Waals surface area (Å²) in [6, 6.07) is 19.7. The molecule has 0 fully saturated rings. The molecule has 3 heterocycles. The summed E-state index contributed by atoms with van der Waals surface area (Å²) in [6.45, 7) is 4.35. The molecule has 0 spiro atoms. The van der Waals surface area contributed by atoms with Crippen molar-refractivity contribution < 1.29 is 18.5 Å². The van der Waals surface area contributed by atoms with Crippen molar-refractivity contribution in [3.8, 4) is 5.75 Å². The topological polar surface area (TPSA) is 85.8 Å². The maximum absolute atomic E-state index is 13.9. The fraction of sp³-hybridized carbons (Fsp3) is 0.179. The Kier molecular flexibility index (Phi) is 4.91. The van der Waals surface area contributed by atoms with E-state index in [0.717, 1.165) is 22.8 Å². The van der Waals surface area contributed by atoms with E-state index in [1.165, 1.54) is 4.90 Å². The third-order valence-corrected chi connectivity index (χ3v) is 6.27. The van der Waals surface area contributed by atoms with Gasteiger partial charge in [0.25, 0.3) is 5.91 Å². The number of hydrogen-bond donors (Lipinski definition) is 0. The van der Waals surface area contributed by atoms with Crippen molar-refractivity contribution in [2.75, 3.05) is 11.5 Å². The van der Waals surface area contributed by atoms with Crippen LogP contribution in [0.5, 0.6) is 5.75 Å². The van der Waals surface area contributed by atoms with Gasteiger partial charge in [0, 0.05) is 11.5 Å². The number of fused-ring (bicyclic) bond motifs is 4. The molecule has 1 aliphatic heterocycles. The van der Waals surface area contributed by atoms with E-state index in [0.29, 0.717) is 34.9 Å². The molecule has 0 saturated heterocycles. The molecule has 0 bridgehead atoms. The molecule has 0 N–H and O–H groups in total. The first-order chi connectivity index (χ1) is 17.1. The van der Waals surface area contributed by atoms with Crippen LogP contribution in [-0.2, 0) is 0 Å². The average Bonchev–Trinajstić information content (AvgIpc) is 3.43. The van der Waals surface area contributed by atoms with Gasteiger partial charge in [0.15, 0.2) is 11.2 Å². The minimum atomic E-state index is -0.737. The lowest BCUT2D eigenvalue weighted by Gasteiger charge is -2.22. The number of ether oxygens (including phenoxy) is 1. The largest absolute Gasteiger partial charge is 0.494 e. The van der Waals surface area contributed by atoms with Gasteiger partial charge in [0.05, 0.1) is 23.6 Å². The first kappa shape index (κ1) is 21.2. The van der Waals surface area contributed by atoms with Crippen molar-refractivity contribution in [3.63, 3.8) is 0 Å². The SMILES string of the molecule is CCCOc1cccc([C@H]2c3c(oc4c(ccc5ccccc54)c3=O)C(=O)N2c2cc(C)on2)c1. The van der Waals surface area contributed by atoms with Crippen LogP contribution in [0.1, 0.15) is 46.8 Å². The van der Waals surface area contributed by atoms with Gasteiger partial charge in [-0.15, -0.1) is 0 Å². The van der Waals surface area contributed by atoms with E-state index in [1.807, 2.05) is 61.5 Å². The van der Waals surface area contributed by atoms with E-state index in [9.17, 15) is 9.59 Å². The first-order valence-electron chi connectivity index (χ1n) is 11.5. The van der Waals surface area contributed by atoms with Crippen LogP contribution in [0, 0.1) is 6.92 Å². The first-order valence-corrected chi connectivity index (χ1v) is 11.5. The second kappa shape index (κ2) is 8.13. The number of carbonyl (C=O) groups excluding carboxylic acids is 1. The highest BCUT2D eigenvalue weighted by Gasteiger charge is 2.45. The van der Waals surface area contributed by atoms with Crippen LogP contribution in [0.3, 0.4) is 0 Å². The van der Waals surface area contributed by atoms with Gasteiger partial charge in [0.1, 0.15) is 17.1 Å². The van der Waals surface area contributed by atoms with Crippen molar-refractivity contribution in [2.24, 2.45) is 0 Å². The number of aryl methyl sites for hydroxylation is 1. The summed E-state index contributed by atoms with van der Waals surface area (Å²) < 4.78 is 17.3. The minimum Gasteiger partial charge on any atom is -0.494 e. The fourth-order valence-electron chi connectivity index (χ4n) is 4.71. The molecule has 35 heavy (non-hydrogen) atoms. The quantitative estimate of drug-likeness (QED) is 0.305. The average molecular weight is 466 g/mol. The number of amides is 1. The number of nitrogens with zero attached hydrogens (tertiary/aromatic N) is 2. The van der Waals surface area contributed by atoms with Crippen LogP contribution in [-0.4, -0.2) is 17.7 Å². The van der Waals surface area contributed by atoms with Gasteiger partial charge in [-0.2, -0.15) is 0 Å². The standard InChI is InChI=1S/C28H22N2O5/c1-3-13-33-19-9-6-8-18(15-19)24-23-25(31)21-12-11-17-7-4-5-10-20(17)26(21)34-27(23)28(32)30(24)22-14-16(2)35-29-22/h4-12,14-15,24H,3,13H2,1-2H3/t24-/m0/s1.